The van der Waals surface area contributed by atoms with Gasteiger partial charge in [0.05, 0.1) is 16.8 Å². The van der Waals surface area contributed by atoms with Crippen LogP contribution < -0.4 is 10.2 Å². The number of aromatic nitrogens is 1. The van der Waals surface area contributed by atoms with Gasteiger partial charge in [-0.3, -0.25) is 9.69 Å². The van der Waals surface area contributed by atoms with Crippen LogP contribution in [0, 0.1) is 6.92 Å². The van der Waals surface area contributed by atoms with Crippen LogP contribution in [0.25, 0.3) is 10.2 Å². The van der Waals surface area contributed by atoms with Crippen molar-refractivity contribution in [2.75, 3.05) is 37.6 Å². The number of fused-ring (bicyclic) bond motifs is 1. The number of hydrogen-bond acceptors (Lipinski definition) is 5. The number of piperazine rings is 1. The molecule has 4 rings (SSSR count). The van der Waals surface area contributed by atoms with E-state index in [-0.39, 0.29) is 5.91 Å². The summed E-state index contributed by atoms with van der Waals surface area (Å²) in [5, 5.41) is 4.69. The van der Waals surface area contributed by atoms with Crippen LogP contribution in [0.3, 0.4) is 0 Å². The van der Waals surface area contributed by atoms with E-state index >= 15 is 0 Å². The zero-order valence-corrected chi connectivity index (χ0v) is 13.9. The monoisotopic (exact) mass is 336 g/mol. The Morgan fingerprint density at radius 3 is 3.00 bits per heavy atom. The molecule has 1 N–H and O–H groups in total. The highest BCUT2D eigenvalue weighted by Gasteiger charge is 2.35. The van der Waals surface area contributed by atoms with Gasteiger partial charge in [-0.1, -0.05) is 22.9 Å². The molecule has 0 bridgehead atoms. The standard InChI is InChI=1S/C15H17ClN4OS/c1-9-11(16)2-3-12-14(9)18-15(22-12)20-6-10(7-20)19-5-4-17-13(21)8-19/h2-3,10H,4-8H2,1H3,(H,17,21). The number of halogens is 1. The van der Waals surface area contributed by atoms with Crippen molar-refractivity contribution < 1.29 is 4.79 Å². The summed E-state index contributed by atoms with van der Waals surface area (Å²) in [6.45, 7) is 6.12. The zero-order valence-electron chi connectivity index (χ0n) is 12.3. The van der Waals surface area contributed by atoms with Crippen molar-refractivity contribution in [3.63, 3.8) is 0 Å². The molecule has 5 nitrogen and oxygen atoms in total. The van der Waals surface area contributed by atoms with Gasteiger partial charge in [-0.2, -0.15) is 0 Å². The van der Waals surface area contributed by atoms with Gasteiger partial charge in [-0.25, -0.2) is 4.98 Å². The Labute approximate surface area is 137 Å². The zero-order chi connectivity index (χ0) is 15.3. The molecule has 7 heteroatoms. The number of benzene rings is 1. The Bertz CT molecular complexity index is 740. The predicted octanol–water partition coefficient (Wildman–Crippen LogP) is 1.88. The summed E-state index contributed by atoms with van der Waals surface area (Å²) in [5.74, 6) is 0.134. The van der Waals surface area contributed by atoms with Gasteiger partial charge in [-0.05, 0) is 24.6 Å². The van der Waals surface area contributed by atoms with Gasteiger partial charge in [0.25, 0.3) is 0 Å². The van der Waals surface area contributed by atoms with Gasteiger partial charge in [-0.15, -0.1) is 0 Å². The van der Waals surface area contributed by atoms with Gasteiger partial charge in [0, 0.05) is 37.2 Å². The van der Waals surface area contributed by atoms with Crippen molar-refractivity contribution in [1.29, 1.82) is 0 Å². The van der Waals surface area contributed by atoms with Gasteiger partial charge in [0.1, 0.15) is 0 Å². The predicted molar refractivity (Wildman–Crippen MR) is 90.0 cm³/mol. The maximum Gasteiger partial charge on any atom is 0.234 e. The molecule has 116 valence electrons. The molecule has 1 amide bonds. The first kappa shape index (κ1) is 14.2. The Kier molecular flexibility index (Phi) is 3.47. The fraction of sp³-hybridized carbons (Fsp3) is 0.467. The maximum atomic E-state index is 11.5. The molecular weight excluding hydrogens is 320 g/mol. The summed E-state index contributed by atoms with van der Waals surface area (Å²) >= 11 is 7.88. The van der Waals surface area contributed by atoms with Crippen molar-refractivity contribution in [2.24, 2.45) is 0 Å². The first-order valence-corrected chi connectivity index (χ1v) is 8.62. The summed E-state index contributed by atoms with van der Waals surface area (Å²) in [6, 6.07) is 4.44. The molecule has 0 radical (unpaired) electrons. The SMILES string of the molecule is Cc1c(Cl)ccc2sc(N3CC(N4CCNC(=O)C4)C3)nc12. The Hall–Kier alpha value is -1.37. The topological polar surface area (TPSA) is 48.5 Å². The summed E-state index contributed by atoms with van der Waals surface area (Å²) < 4.78 is 1.18. The highest BCUT2D eigenvalue weighted by atomic mass is 35.5. The summed E-state index contributed by atoms with van der Waals surface area (Å²) in [4.78, 5) is 20.8. The Morgan fingerprint density at radius 2 is 2.23 bits per heavy atom. The van der Waals surface area contributed by atoms with Crippen LogP contribution in [0.15, 0.2) is 12.1 Å². The van der Waals surface area contributed by atoms with Crippen LogP contribution >= 0.6 is 22.9 Å². The molecule has 0 saturated carbocycles. The molecule has 0 unspecified atom stereocenters. The average Bonchev–Trinajstić information content (AvgIpc) is 2.86. The number of carbonyl (C=O) groups is 1. The van der Waals surface area contributed by atoms with Crippen LogP contribution in [0.5, 0.6) is 0 Å². The minimum atomic E-state index is 0.134. The van der Waals surface area contributed by atoms with Gasteiger partial charge in [0.2, 0.25) is 5.91 Å². The van der Waals surface area contributed by atoms with E-state index in [0.717, 1.165) is 47.4 Å². The van der Waals surface area contributed by atoms with Crippen molar-refractivity contribution in [1.82, 2.24) is 15.2 Å². The number of amides is 1. The smallest absolute Gasteiger partial charge is 0.234 e. The Morgan fingerprint density at radius 1 is 1.41 bits per heavy atom. The number of rotatable bonds is 2. The van der Waals surface area contributed by atoms with Crippen LogP contribution in [0.4, 0.5) is 5.13 Å². The quantitative estimate of drug-likeness (QED) is 0.909. The van der Waals surface area contributed by atoms with E-state index in [1.807, 2.05) is 19.1 Å². The highest BCUT2D eigenvalue weighted by Crippen LogP contribution is 2.35. The number of nitrogens with one attached hydrogen (secondary N) is 1. The van der Waals surface area contributed by atoms with Crippen LogP contribution in [0.1, 0.15) is 5.56 Å². The van der Waals surface area contributed by atoms with Crippen molar-refractivity contribution in [3.05, 3.63) is 22.7 Å². The van der Waals surface area contributed by atoms with Gasteiger partial charge >= 0.3 is 0 Å². The molecule has 2 aromatic rings. The minimum Gasteiger partial charge on any atom is -0.354 e. The van der Waals surface area contributed by atoms with Crippen molar-refractivity contribution in [2.45, 2.75) is 13.0 Å². The van der Waals surface area contributed by atoms with E-state index in [9.17, 15) is 4.79 Å². The van der Waals surface area contributed by atoms with E-state index in [2.05, 4.69) is 15.1 Å². The fourth-order valence-corrected chi connectivity index (χ4v) is 4.23. The second-order valence-corrected chi connectivity index (χ2v) is 7.31. The number of hydrogen-bond donors (Lipinski definition) is 1. The van der Waals surface area contributed by atoms with E-state index in [1.54, 1.807) is 11.3 Å². The summed E-state index contributed by atoms with van der Waals surface area (Å²) in [5.41, 5.74) is 2.06. The number of nitrogens with zero attached hydrogens (tertiary/aromatic N) is 3. The van der Waals surface area contributed by atoms with E-state index in [4.69, 9.17) is 16.6 Å². The first-order chi connectivity index (χ1) is 10.6. The normalized spacial score (nSPS) is 20.3. The summed E-state index contributed by atoms with van der Waals surface area (Å²) in [6.07, 6.45) is 0. The van der Waals surface area contributed by atoms with Crippen molar-refractivity contribution in [3.8, 4) is 0 Å². The fourth-order valence-electron chi connectivity index (χ4n) is 3.04. The lowest BCUT2D eigenvalue weighted by atomic mass is 10.1. The third kappa shape index (κ3) is 2.35. The molecule has 2 saturated heterocycles. The molecule has 2 fully saturated rings. The third-order valence-corrected chi connectivity index (χ3v) is 5.94. The molecule has 0 spiro atoms. The second-order valence-electron chi connectivity index (χ2n) is 5.89. The highest BCUT2D eigenvalue weighted by molar-refractivity contribution is 7.22. The number of thiazole rings is 1. The Balaban J connectivity index is 1.48. The molecule has 3 heterocycles. The van der Waals surface area contributed by atoms with Crippen LogP contribution in [-0.2, 0) is 4.79 Å². The molecule has 22 heavy (non-hydrogen) atoms. The second kappa shape index (κ2) is 5.37. The van der Waals surface area contributed by atoms with Crippen LogP contribution in [0.2, 0.25) is 5.02 Å². The van der Waals surface area contributed by atoms with Gasteiger partial charge in [0.15, 0.2) is 5.13 Å². The third-order valence-electron chi connectivity index (χ3n) is 4.45. The number of anilines is 1. The molecule has 1 aromatic heterocycles. The molecular formula is C15H17ClN4OS. The lowest BCUT2D eigenvalue weighted by Gasteiger charge is -2.46. The number of carbonyl (C=O) groups excluding carboxylic acids is 1. The molecule has 2 aliphatic rings. The first-order valence-electron chi connectivity index (χ1n) is 7.43. The molecule has 0 aliphatic carbocycles. The van der Waals surface area contributed by atoms with E-state index in [0.29, 0.717) is 12.6 Å². The average molecular weight is 337 g/mol. The lowest BCUT2D eigenvalue weighted by molar-refractivity contribution is -0.125. The molecule has 0 atom stereocenters. The van der Waals surface area contributed by atoms with E-state index in [1.165, 1.54) is 4.70 Å². The van der Waals surface area contributed by atoms with E-state index < -0.39 is 0 Å². The maximum absolute atomic E-state index is 11.5. The molecule has 2 aliphatic heterocycles. The minimum absolute atomic E-state index is 0.134. The summed E-state index contributed by atoms with van der Waals surface area (Å²) in [7, 11) is 0. The number of aryl methyl sites for hydroxylation is 1. The van der Waals surface area contributed by atoms with Gasteiger partial charge < -0.3 is 10.2 Å². The molecule has 1 aromatic carbocycles. The van der Waals surface area contributed by atoms with Crippen molar-refractivity contribution >= 4 is 44.2 Å². The largest absolute Gasteiger partial charge is 0.354 e. The van der Waals surface area contributed by atoms with Crippen LogP contribution in [-0.4, -0.2) is 54.6 Å². The lowest BCUT2D eigenvalue weighted by Crippen LogP contribution is -2.63.